The molecule has 0 saturated carbocycles. The van der Waals surface area contributed by atoms with Crippen molar-refractivity contribution in [1.82, 2.24) is 10.7 Å². The van der Waals surface area contributed by atoms with Crippen LogP contribution in [0.25, 0.3) is 21.5 Å². The fraction of sp³-hybridized carbons (Fsp3) is 0.179. The Morgan fingerprint density at radius 2 is 1.42 bits per heavy atom. The number of fused-ring (bicyclic) bond motifs is 2. The summed E-state index contributed by atoms with van der Waals surface area (Å²) in [6.45, 7) is 5.74. The molecule has 0 saturated heterocycles. The van der Waals surface area contributed by atoms with Crippen LogP contribution in [0.1, 0.15) is 35.3 Å². The average molecular weight is 438 g/mol. The van der Waals surface area contributed by atoms with Crippen LogP contribution in [0, 0.1) is 12.8 Å². The van der Waals surface area contributed by atoms with Gasteiger partial charge in [-0.05, 0) is 52.6 Å². The van der Waals surface area contributed by atoms with Gasteiger partial charge in [0.05, 0.1) is 6.21 Å². The zero-order valence-electron chi connectivity index (χ0n) is 19.0. The van der Waals surface area contributed by atoms with E-state index in [0.29, 0.717) is 5.56 Å². The summed E-state index contributed by atoms with van der Waals surface area (Å²) in [5, 5.41) is 11.4. The van der Waals surface area contributed by atoms with Crippen LogP contribution in [-0.2, 0) is 4.79 Å². The first-order valence-corrected chi connectivity index (χ1v) is 11.0. The second-order valence-corrected chi connectivity index (χ2v) is 8.53. The SMILES string of the molecule is Cc1ccc(C(=O)NC(C(=O)NN=Cc2c3ccccc3cc3ccccc23)C(C)C)cc1. The minimum Gasteiger partial charge on any atom is -0.340 e. The second-order valence-electron chi connectivity index (χ2n) is 8.53. The van der Waals surface area contributed by atoms with E-state index >= 15 is 0 Å². The molecule has 166 valence electrons. The summed E-state index contributed by atoms with van der Waals surface area (Å²) in [5.41, 5.74) is 5.15. The summed E-state index contributed by atoms with van der Waals surface area (Å²) in [6, 6.07) is 24.9. The van der Waals surface area contributed by atoms with Gasteiger partial charge >= 0.3 is 0 Å². The molecule has 2 amide bonds. The maximum Gasteiger partial charge on any atom is 0.262 e. The maximum atomic E-state index is 12.9. The van der Waals surface area contributed by atoms with Crippen molar-refractivity contribution in [1.29, 1.82) is 0 Å². The lowest BCUT2D eigenvalue weighted by Crippen LogP contribution is -2.48. The van der Waals surface area contributed by atoms with Gasteiger partial charge in [-0.1, -0.05) is 80.1 Å². The summed E-state index contributed by atoms with van der Waals surface area (Å²) < 4.78 is 0. The van der Waals surface area contributed by atoms with Crippen molar-refractivity contribution in [2.45, 2.75) is 26.8 Å². The van der Waals surface area contributed by atoms with Gasteiger partial charge in [-0.25, -0.2) is 5.43 Å². The summed E-state index contributed by atoms with van der Waals surface area (Å²) in [7, 11) is 0. The first kappa shape index (κ1) is 22.2. The van der Waals surface area contributed by atoms with Crippen LogP contribution in [0.2, 0.25) is 0 Å². The molecule has 0 spiro atoms. The van der Waals surface area contributed by atoms with Gasteiger partial charge in [0.2, 0.25) is 0 Å². The first-order valence-electron chi connectivity index (χ1n) is 11.0. The molecule has 4 aromatic rings. The molecule has 4 aromatic carbocycles. The Kier molecular flexibility index (Phi) is 6.50. The topological polar surface area (TPSA) is 70.6 Å². The Balaban J connectivity index is 1.55. The first-order chi connectivity index (χ1) is 15.9. The maximum absolute atomic E-state index is 12.9. The molecule has 1 unspecified atom stereocenters. The number of hydrogen-bond acceptors (Lipinski definition) is 3. The van der Waals surface area contributed by atoms with Gasteiger partial charge < -0.3 is 5.32 Å². The number of amides is 2. The van der Waals surface area contributed by atoms with Crippen LogP contribution in [0.4, 0.5) is 0 Å². The Morgan fingerprint density at radius 1 is 0.848 bits per heavy atom. The third-order valence-corrected chi connectivity index (χ3v) is 5.73. The predicted octanol–water partition coefficient (Wildman–Crippen LogP) is 5.21. The lowest BCUT2D eigenvalue weighted by Gasteiger charge is -2.20. The number of carbonyl (C=O) groups excluding carboxylic acids is 2. The third kappa shape index (κ3) is 4.93. The number of benzene rings is 4. The average Bonchev–Trinajstić information content (AvgIpc) is 2.82. The van der Waals surface area contributed by atoms with Crippen molar-refractivity contribution in [2.24, 2.45) is 11.0 Å². The molecule has 0 heterocycles. The van der Waals surface area contributed by atoms with Crippen LogP contribution in [0.5, 0.6) is 0 Å². The number of aryl methyl sites for hydroxylation is 1. The van der Waals surface area contributed by atoms with Crippen LogP contribution in [0.15, 0.2) is 84.0 Å². The van der Waals surface area contributed by atoms with Gasteiger partial charge in [0, 0.05) is 11.1 Å². The summed E-state index contributed by atoms with van der Waals surface area (Å²) >= 11 is 0. The Morgan fingerprint density at radius 3 is 2.00 bits per heavy atom. The van der Waals surface area contributed by atoms with E-state index in [0.717, 1.165) is 32.7 Å². The van der Waals surface area contributed by atoms with Gasteiger partial charge in [0.1, 0.15) is 6.04 Å². The van der Waals surface area contributed by atoms with Gasteiger partial charge in [0.25, 0.3) is 11.8 Å². The molecule has 2 N–H and O–H groups in total. The van der Waals surface area contributed by atoms with Crippen LogP contribution < -0.4 is 10.7 Å². The molecular formula is C28H27N3O2. The van der Waals surface area contributed by atoms with E-state index in [9.17, 15) is 9.59 Å². The number of nitrogens with one attached hydrogen (secondary N) is 2. The van der Waals surface area contributed by atoms with Gasteiger partial charge in [-0.3, -0.25) is 9.59 Å². The normalized spacial score (nSPS) is 12.4. The van der Waals surface area contributed by atoms with Gasteiger partial charge in [-0.15, -0.1) is 0 Å². The quantitative estimate of drug-likeness (QED) is 0.247. The predicted molar refractivity (Wildman–Crippen MR) is 134 cm³/mol. The number of hydrazone groups is 1. The highest BCUT2D eigenvalue weighted by Crippen LogP contribution is 2.27. The second kappa shape index (κ2) is 9.65. The molecule has 0 aliphatic heterocycles. The molecular weight excluding hydrogens is 410 g/mol. The molecule has 5 heteroatoms. The van der Waals surface area contributed by atoms with E-state index in [2.05, 4.69) is 34.0 Å². The van der Waals surface area contributed by atoms with E-state index < -0.39 is 6.04 Å². The molecule has 5 nitrogen and oxygen atoms in total. The molecule has 33 heavy (non-hydrogen) atoms. The number of nitrogens with zero attached hydrogens (tertiary/aromatic N) is 1. The van der Waals surface area contributed by atoms with E-state index in [-0.39, 0.29) is 17.7 Å². The highest BCUT2D eigenvalue weighted by molar-refractivity contribution is 6.13. The minimum absolute atomic E-state index is 0.104. The Labute approximate surface area is 193 Å². The van der Waals surface area contributed by atoms with Gasteiger partial charge in [-0.2, -0.15) is 5.10 Å². The third-order valence-electron chi connectivity index (χ3n) is 5.73. The van der Waals surface area contributed by atoms with Crippen molar-refractivity contribution >= 4 is 39.6 Å². The smallest absolute Gasteiger partial charge is 0.262 e. The molecule has 0 aliphatic rings. The Bertz CT molecular complexity index is 1290. The molecule has 0 aliphatic carbocycles. The van der Waals surface area contributed by atoms with E-state index in [1.165, 1.54) is 0 Å². The van der Waals surface area contributed by atoms with Crippen molar-refractivity contribution in [3.8, 4) is 0 Å². The fourth-order valence-corrected chi connectivity index (χ4v) is 3.88. The lowest BCUT2D eigenvalue weighted by molar-refractivity contribution is -0.123. The monoisotopic (exact) mass is 437 g/mol. The summed E-state index contributed by atoms with van der Waals surface area (Å²) in [5.74, 6) is -0.743. The zero-order chi connectivity index (χ0) is 23.4. The van der Waals surface area contributed by atoms with Crippen LogP contribution in [-0.4, -0.2) is 24.1 Å². The van der Waals surface area contributed by atoms with E-state index in [1.54, 1.807) is 18.3 Å². The number of carbonyl (C=O) groups is 2. The standard InChI is InChI=1S/C28H27N3O2/c1-18(2)26(30-27(32)20-14-12-19(3)13-15-20)28(33)31-29-17-25-23-10-6-4-8-21(23)16-22-9-5-7-11-24(22)25/h4-18,26H,1-3H3,(H,30,32)(H,31,33). The molecule has 4 rings (SSSR count). The summed E-state index contributed by atoms with van der Waals surface area (Å²) in [4.78, 5) is 25.5. The molecule has 0 fully saturated rings. The van der Waals surface area contributed by atoms with Crippen molar-refractivity contribution < 1.29 is 9.59 Å². The van der Waals surface area contributed by atoms with Crippen molar-refractivity contribution in [3.05, 3.63) is 95.6 Å². The van der Waals surface area contributed by atoms with Crippen molar-refractivity contribution in [2.75, 3.05) is 0 Å². The van der Waals surface area contributed by atoms with Gasteiger partial charge in [0.15, 0.2) is 0 Å². The molecule has 0 aromatic heterocycles. The number of hydrogen-bond donors (Lipinski definition) is 2. The van der Waals surface area contributed by atoms with E-state index in [4.69, 9.17) is 0 Å². The van der Waals surface area contributed by atoms with Crippen molar-refractivity contribution in [3.63, 3.8) is 0 Å². The minimum atomic E-state index is -0.708. The highest BCUT2D eigenvalue weighted by atomic mass is 16.2. The largest absolute Gasteiger partial charge is 0.340 e. The van der Waals surface area contributed by atoms with Crippen LogP contribution in [0.3, 0.4) is 0 Å². The lowest BCUT2D eigenvalue weighted by atomic mass is 9.97. The van der Waals surface area contributed by atoms with Crippen LogP contribution >= 0.6 is 0 Å². The fourth-order valence-electron chi connectivity index (χ4n) is 3.88. The molecule has 1 atom stereocenters. The highest BCUT2D eigenvalue weighted by Gasteiger charge is 2.24. The Hall–Kier alpha value is -3.99. The summed E-state index contributed by atoms with van der Waals surface area (Å²) in [6.07, 6.45) is 1.68. The van der Waals surface area contributed by atoms with E-state index in [1.807, 2.05) is 69.3 Å². The zero-order valence-corrected chi connectivity index (χ0v) is 19.0. The molecule has 0 radical (unpaired) electrons. The molecule has 0 bridgehead atoms. The number of rotatable bonds is 6.